The van der Waals surface area contributed by atoms with E-state index in [0.717, 1.165) is 17.8 Å². The van der Waals surface area contributed by atoms with Crippen molar-refractivity contribution in [1.82, 2.24) is 0 Å². The summed E-state index contributed by atoms with van der Waals surface area (Å²) >= 11 is 0.897. The molecule has 0 aliphatic carbocycles. The van der Waals surface area contributed by atoms with Crippen LogP contribution >= 0.6 is 11.8 Å². The van der Waals surface area contributed by atoms with Crippen molar-refractivity contribution in [2.24, 2.45) is 0 Å². The first-order valence-electron chi connectivity index (χ1n) is 5.28. The topological polar surface area (TPSA) is 66.8 Å². The number of hydrogen-bond donors (Lipinski definition) is 2. The quantitative estimate of drug-likeness (QED) is 0.852. The summed E-state index contributed by atoms with van der Waals surface area (Å²) in [5.74, 6) is -0.206. The van der Waals surface area contributed by atoms with Crippen LogP contribution < -0.4 is 4.74 Å². The Morgan fingerprint density at radius 2 is 2.17 bits per heavy atom. The zero-order valence-corrected chi connectivity index (χ0v) is 10.9. The number of aliphatic hydroxyl groups is 2. The number of rotatable bonds is 5. The standard InChI is InChI=1S/C12H15FO4S/c1-7(14)18-6-10(15)12(16)9-5-8(13)3-4-11(9)17-2/h3-5,10,12,15-16H,6H2,1-2H3. The van der Waals surface area contributed by atoms with Gasteiger partial charge in [-0.1, -0.05) is 11.8 Å². The van der Waals surface area contributed by atoms with Crippen molar-refractivity contribution in [3.63, 3.8) is 0 Å². The largest absolute Gasteiger partial charge is 0.496 e. The second-order valence-electron chi connectivity index (χ2n) is 3.70. The van der Waals surface area contributed by atoms with Crippen LogP contribution in [0.25, 0.3) is 0 Å². The fraction of sp³-hybridized carbons (Fsp3) is 0.417. The maximum atomic E-state index is 13.1. The minimum absolute atomic E-state index is 0.0379. The number of thioether (sulfide) groups is 1. The van der Waals surface area contributed by atoms with E-state index in [2.05, 4.69) is 0 Å². The average Bonchev–Trinajstić information content (AvgIpc) is 2.34. The molecule has 0 fully saturated rings. The lowest BCUT2D eigenvalue weighted by molar-refractivity contribution is -0.109. The van der Waals surface area contributed by atoms with Gasteiger partial charge in [-0.15, -0.1) is 0 Å². The van der Waals surface area contributed by atoms with Gasteiger partial charge >= 0.3 is 0 Å². The van der Waals surface area contributed by atoms with Gasteiger partial charge in [0.05, 0.1) is 13.2 Å². The predicted molar refractivity (Wildman–Crippen MR) is 67.1 cm³/mol. The summed E-state index contributed by atoms with van der Waals surface area (Å²) in [5, 5.41) is 19.5. The zero-order valence-electron chi connectivity index (χ0n) is 10.1. The summed E-state index contributed by atoms with van der Waals surface area (Å²) < 4.78 is 18.1. The molecule has 6 heteroatoms. The Labute approximate surface area is 109 Å². The fourth-order valence-corrected chi connectivity index (χ4v) is 2.03. The van der Waals surface area contributed by atoms with Crippen molar-refractivity contribution in [2.75, 3.05) is 12.9 Å². The normalized spacial score (nSPS) is 14.1. The highest BCUT2D eigenvalue weighted by Gasteiger charge is 2.22. The molecule has 0 radical (unpaired) electrons. The van der Waals surface area contributed by atoms with Crippen LogP contribution in [-0.4, -0.2) is 34.3 Å². The van der Waals surface area contributed by atoms with E-state index < -0.39 is 18.0 Å². The van der Waals surface area contributed by atoms with Crippen LogP contribution in [0.3, 0.4) is 0 Å². The van der Waals surface area contributed by atoms with Gasteiger partial charge in [-0.25, -0.2) is 4.39 Å². The molecule has 0 saturated carbocycles. The highest BCUT2D eigenvalue weighted by Crippen LogP contribution is 2.29. The number of carbonyl (C=O) groups excluding carboxylic acids is 1. The molecule has 100 valence electrons. The second-order valence-corrected chi connectivity index (χ2v) is 4.90. The highest BCUT2D eigenvalue weighted by molar-refractivity contribution is 8.13. The summed E-state index contributed by atoms with van der Waals surface area (Å²) in [6, 6.07) is 3.68. The van der Waals surface area contributed by atoms with Crippen LogP contribution in [0.2, 0.25) is 0 Å². The Kier molecular flexibility index (Phi) is 5.58. The van der Waals surface area contributed by atoms with Gasteiger partial charge in [0.25, 0.3) is 0 Å². The zero-order chi connectivity index (χ0) is 13.7. The number of benzene rings is 1. The lowest BCUT2D eigenvalue weighted by Gasteiger charge is -2.19. The molecule has 2 unspecified atom stereocenters. The van der Waals surface area contributed by atoms with Crippen LogP contribution in [0.1, 0.15) is 18.6 Å². The average molecular weight is 274 g/mol. The molecule has 18 heavy (non-hydrogen) atoms. The second kappa shape index (κ2) is 6.72. The van der Waals surface area contributed by atoms with Gasteiger partial charge in [-0.2, -0.15) is 0 Å². The van der Waals surface area contributed by atoms with Gasteiger partial charge in [0, 0.05) is 18.2 Å². The highest BCUT2D eigenvalue weighted by atomic mass is 32.2. The lowest BCUT2D eigenvalue weighted by Crippen LogP contribution is -2.22. The minimum Gasteiger partial charge on any atom is -0.496 e. The predicted octanol–water partition coefficient (Wildman–Crippen LogP) is 1.51. The van der Waals surface area contributed by atoms with Crippen molar-refractivity contribution < 1.29 is 24.1 Å². The number of hydrogen-bond acceptors (Lipinski definition) is 5. The number of ether oxygens (including phenoxy) is 1. The molecule has 0 aliphatic rings. The molecule has 0 aromatic heterocycles. The molecule has 1 aromatic carbocycles. The van der Waals surface area contributed by atoms with Crippen molar-refractivity contribution in [3.8, 4) is 5.75 Å². The summed E-state index contributed by atoms with van der Waals surface area (Å²) in [7, 11) is 1.39. The molecule has 1 rings (SSSR count). The molecule has 0 bridgehead atoms. The first-order valence-corrected chi connectivity index (χ1v) is 6.27. The van der Waals surface area contributed by atoms with E-state index in [9.17, 15) is 19.4 Å². The summed E-state index contributed by atoms with van der Waals surface area (Å²) in [6.07, 6.45) is -2.47. The molecule has 0 heterocycles. The smallest absolute Gasteiger partial charge is 0.185 e. The van der Waals surface area contributed by atoms with E-state index >= 15 is 0 Å². The summed E-state index contributed by atoms with van der Waals surface area (Å²) in [5.41, 5.74) is 0.161. The van der Waals surface area contributed by atoms with Crippen molar-refractivity contribution >= 4 is 16.9 Å². The van der Waals surface area contributed by atoms with Gasteiger partial charge in [0.2, 0.25) is 0 Å². The third-order valence-corrected chi connectivity index (χ3v) is 3.25. The van der Waals surface area contributed by atoms with Crippen LogP contribution in [0.5, 0.6) is 5.75 Å². The SMILES string of the molecule is COc1ccc(F)cc1C(O)C(O)CSC(C)=O. The number of aliphatic hydroxyl groups excluding tert-OH is 2. The molecule has 2 atom stereocenters. The third kappa shape index (κ3) is 3.97. The van der Waals surface area contributed by atoms with E-state index in [0.29, 0.717) is 0 Å². The Morgan fingerprint density at radius 1 is 1.50 bits per heavy atom. The minimum atomic E-state index is -1.30. The van der Waals surface area contributed by atoms with Crippen molar-refractivity contribution in [3.05, 3.63) is 29.6 Å². The third-order valence-electron chi connectivity index (χ3n) is 2.33. The van der Waals surface area contributed by atoms with Gasteiger partial charge in [-0.05, 0) is 18.2 Å². The lowest BCUT2D eigenvalue weighted by atomic mass is 10.0. The molecular formula is C12H15FO4S. The van der Waals surface area contributed by atoms with Gasteiger partial charge < -0.3 is 14.9 Å². The first-order chi connectivity index (χ1) is 8.45. The fourth-order valence-electron chi connectivity index (χ4n) is 1.44. The molecule has 0 saturated heterocycles. The van der Waals surface area contributed by atoms with E-state index in [1.807, 2.05) is 0 Å². The monoisotopic (exact) mass is 274 g/mol. The van der Waals surface area contributed by atoms with Crippen LogP contribution in [-0.2, 0) is 4.79 Å². The molecule has 1 aromatic rings. The number of methoxy groups -OCH3 is 1. The Hall–Kier alpha value is -1.11. The van der Waals surface area contributed by atoms with E-state index in [1.54, 1.807) is 0 Å². The van der Waals surface area contributed by atoms with Crippen LogP contribution in [0.4, 0.5) is 4.39 Å². The molecular weight excluding hydrogens is 259 g/mol. The maximum Gasteiger partial charge on any atom is 0.185 e. The maximum absolute atomic E-state index is 13.1. The number of halogens is 1. The van der Waals surface area contributed by atoms with Gasteiger partial charge in [-0.3, -0.25) is 4.79 Å². The molecule has 0 amide bonds. The van der Waals surface area contributed by atoms with Crippen molar-refractivity contribution in [1.29, 1.82) is 0 Å². The van der Waals surface area contributed by atoms with Crippen molar-refractivity contribution in [2.45, 2.75) is 19.1 Å². The molecule has 4 nitrogen and oxygen atoms in total. The summed E-state index contributed by atoms with van der Waals surface area (Å²) in [6.45, 7) is 1.37. The van der Waals surface area contributed by atoms with Crippen LogP contribution in [0, 0.1) is 5.82 Å². The van der Waals surface area contributed by atoms with Crippen LogP contribution in [0.15, 0.2) is 18.2 Å². The van der Waals surface area contributed by atoms with E-state index in [-0.39, 0.29) is 22.2 Å². The van der Waals surface area contributed by atoms with Gasteiger partial charge in [0.1, 0.15) is 17.7 Å². The first kappa shape index (κ1) is 14.9. The Balaban J connectivity index is 2.84. The number of carbonyl (C=O) groups is 1. The van der Waals surface area contributed by atoms with Gasteiger partial charge in [0.15, 0.2) is 5.12 Å². The van der Waals surface area contributed by atoms with E-state index in [4.69, 9.17) is 4.74 Å². The Morgan fingerprint density at radius 3 is 2.72 bits per heavy atom. The summed E-state index contributed by atoms with van der Waals surface area (Å²) in [4.78, 5) is 10.8. The van der Waals surface area contributed by atoms with E-state index in [1.165, 1.54) is 26.2 Å². The Bertz CT molecular complexity index is 425. The molecule has 0 aliphatic heterocycles. The molecule has 2 N–H and O–H groups in total. The molecule has 0 spiro atoms.